The lowest BCUT2D eigenvalue weighted by Crippen LogP contribution is -2.22. The van der Waals surface area contributed by atoms with E-state index in [9.17, 15) is 23.1 Å². The Bertz CT molecular complexity index is 1130. The predicted molar refractivity (Wildman–Crippen MR) is 107 cm³/mol. The second-order valence-electron chi connectivity index (χ2n) is 7.85. The number of rotatable bonds is 6. The zero-order valence-electron chi connectivity index (χ0n) is 17.4. The van der Waals surface area contributed by atoms with Crippen LogP contribution in [0.25, 0.3) is 11.0 Å². The number of benzene rings is 1. The molecule has 1 aromatic carbocycles. The summed E-state index contributed by atoms with van der Waals surface area (Å²) in [6.45, 7) is 3.86. The molecule has 10 heteroatoms. The highest BCUT2D eigenvalue weighted by Gasteiger charge is 2.31. The molecule has 0 amide bonds. The highest BCUT2D eigenvalue weighted by molar-refractivity contribution is 5.78. The van der Waals surface area contributed by atoms with Crippen molar-refractivity contribution in [2.24, 2.45) is 5.92 Å². The minimum Gasteiger partial charge on any atom is -0.390 e. The summed E-state index contributed by atoms with van der Waals surface area (Å²) < 4.78 is 43.2. The van der Waals surface area contributed by atoms with Gasteiger partial charge in [0.2, 0.25) is 5.95 Å². The zero-order valence-corrected chi connectivity index (χ0v) is 17.4. The van der Waals surface area contributed by atoms with Gasteiger partial charge in [-0.05, 0) is 23.6 Å². The third-order valence-electron chi connectivity index (χ3n) is 4.90. The Morgan fingerprint density at radius 1 is 1.30 bits per heavy atom. The summed E-state index contributed by atoms with van der Waals surface area (Å²) in [5, 5.41) is 14.2. The van der Waals surface area contributed by atoms with Crippen molar-refractivity contribution >= 4 is 17.0 Å². The van der Waals surface area contributed by atoms with E-state index in [1.807, 2.05) is 13.8 Å². The van der Waals surface area contributed by atoms with Gasteiger partial charge in [-0.2, -0.15) is 10.1 Å². The molecule has 7 nitrogen and oxygen atoms in total. The summed E-state index contributed by atoms with van der Waals surface area (Å²) in [5.41, 5.74) is -0.409. The molecular weight excluding hydrogens is 399 g/mol. The van der Waals surface area contributed by atoms with E-state index in [1.165, 1.54) is 10.7 Å². The van der Waals surface area contributed by atoms with E-state index in [0.29, 0.717) is 12.5 Å². The largest absolute Gasteiger partial charge is 0.390 e. The monoisotopic (exact) mass is 423 g/mol. The Hall–Kier alpha value is -2.88. The van der Waals surface area contributed by atoms with E-state index in [4.69, 9.17) is 0 Å². The number of aromatic nitrogens is 4. The van der Waals surface area contributed by atoms with Crippen LogP contribution in [0.3, 0.4) is 0 Å². The van der Waals surface area contributed by atoms with Crippen molar-refractivity contribution in [1.29, 1.82) is 0 Å². The molecule has 30 heavy (non-hydrogen) atoms. The summed E-state index contributed by atoms with van der Waals surface area (Å²) in [6.07, 6.45) is 0. The average Bonchev–Trinajstić information content (AvgIpc) is 2.99. The minimum absolute atomic E-state index is 0.130. The molecule has 0 radical (unpaired) electrons. The molecule has 2 aromatic heterocycles. The van der Waals surface area contributed by atoms with E-state index in [1.54, 1.807) is 19.0 Å². The first kappa shape index (κ1) is 21.8. The van der Waals surface area contributed by atoms with Crippen molar-refractivity contribution in [2.45, 2.75) is 39.3 Å². The van der Waals surface area contributed by atoms with Crippen LogP contribution in [0.1, 0.15) is 43.6 Å². The van der Waals surface area contributed by atoms with Crippen molar-refractivity contribution in [1.82, 2.24) is 19.7 Å². The minimum atomic E-state index is -3.31. The van der Waals surface area contributed by atoms with Crippen LogP contribution in [-0.2, 0) is 12.5 Å². The fourth-order valence-electron chi connectivity index (χ4n) is 3.50. The van der Waals surface area contributed by atoms with Gasteiger partial charge in [-0.3, -0.25) is 9.78 Å². The van der Waals surface area contributed by atoms with Gasteiger partial charge in [0.15, 0.2) is 5.65 Å². The number of alkyl halides is 2. The quantitative estimate of drug-likeness (QED) is 0.636. The lowest BCUT2D eigenvalue weighted by atomic mass is 9.94. The number of fused-ring (bicyclic) bond motifs is 1. The zero-order chi connectivity index (χ0) is 22.4. The van der Waals surface area contributed by atoms with E-state index in [-0.39, 0.29) is 28.6 Å². The summed E-state index contributed by atoms with van der Waals surface area (Å²) in [5.74, 6) is -4.21. The number of H-pyrrole nitrogens is 1. The molecular formula is C20H24F3N5O2. The maximum absolute atomic E-state index is 14.5. The number of halogens is 3. The number of anilines is 1. The average molecular weight is 423 g/mol. The van der Waals surface area contributed by atoms with Crippen LogP contribution in [0.5, 0.6) is 0 Å². The second kappa shape index (κ2) is 7.75. The van der Waals surface area contributed by atoms with Gasteiger partial charge < -0.3 is 10.0 Å². The number of hydrogen-bond donors (Lipinski definition) is 2. The van der Waals surface area contributed by atoms with Crippen molar-refractivity contribution in [3.05, 3.63) is 51.2 Å². The van der Waals surface area contributed by atoms with Crippen LogP contribution in [0.2, 0.25) is 0 Å². The van der Waals surface area contributed by atoms with Crippen molar-refractivity contribution < 1.29 is 18.3 Å². The molecule has 3 aromatic rings. The Morgan fingerprint density at radius 3 is 2.47 bits per heavy atom. The molecule has 0 bridgehead atoms. The van der Waals surface area contributed by atoms with Gasteiger partial charge in [-0.1, -0.05) is 19.9 Å². The summed E-state index contributed by atoms with van der Waals surface area (Å²) in [6, 6.07) is 2.94. The van der Waals surface area contributed by atoms with E-state index >= 15 is 0 Å². The van der Waals surface area contributed by atoms with Gasteiger partial charge in [0.1, 0.15) is 16.9 Å². The third kappa shape index (κ3) is 3.79. The normalized spacial score (nSPS) is 13.3. The predicted octanol–water partition coefficient (Wildman–Crippen LogP) is 3.17. The third-order valence-corrected chi connectivity index (χ3v) is 4.90. The van der Waals surface area contributed by atoms with Gasteiger partial charge in [-0.15, -0.1) is 0 Å². The van der Waals surface area contributed by atoms with Crippen LogP contribution in [0.15, 0.2) is 23.0 Å². The first-order valence-electron chi connectivity index (χ1n) is 9.43. The van der Waals surface area contributed by atoms with Gasteiger partial charge in [-0.25, -0.2) is 17.9 Å². The summed E-state index contributed by atoms with van der Waals surface area (Å²) >= 11 is 0. The Balaban J connectivity index is 2.27. The molecule has 0 aliphatic carbocycles. The number of aliphatic hydroxyl groups is 1. The molecule has 2 N–H and O–H groups in total. The molecule has 0 saturated carbocycles. The first-order chi connectivity index (χ1) is 14.0. The van der Waals surface area contributed by atoms with Crippen molar-refractivity contribution in [3.8, 4) is 0 Å². The molecule has 0 aliphatic heterocycles. The molecule has 1 atom stereocenters. The number of nitrogens with one attached hydrogen (secondary N) is 1. The maximum Gasteiger partial charge on any atom is 0.273 e. The van der Waals surface area contributed by atoms with E-state index in [2.05, 4.69) is 15.1 Å². The first-order valence-corrected chi connectivity index (χ1v) is 9.43. The molecule has 162 valence electrons. The molecule has 0 spiro atoms. The van der Waals surface area contributed by atoms with E-state index < -0.39 is 35.5 Å². The number of aromatic amines is 1. The molecule has 0 fully saturated rings. The highest BCUT2D eigenvalue weighted by Crippen LogP contribution is 2.34. The molecule has 0 saturated heterocycles. The maximum atomic E-state index is 14.5. The molecule has 3 rings (SSSR count). The topological polar surface area (TPSA) is 87.0 Å². The van der Waals surface area contributed by atoms with Crippen LogP contribution < -0.4 is 10.5 Å². The second-order valence-corrected chi connectivity index (χ2v) is 7.85. The highest BCUT2D eigenvalue weighted by atomic mass is 19.3. The standard InChI is InChI=1S/C20H24F3N5O2/c1-10(2)16(11-6-7-12(13(21)8-11)20(3,22)23)28-17-15(14(9-29)26-28)18(30)25-19(24-17)27(4)5/h6-8,10,16,29H,9H2,1-5H3,(H,24,25,30). The smallest absolute Gasteiger partial charge is 0.273 e. The number of nitrogens with zero attached hydrogens (tertiary/aromatic N) is 4. The number of aliphatic hydroxyl groups excluding tert-OH is 1. The Morgan fingerprint density at radius 2 is 1.97 bits per heavy atom. The summed E-state index contributed by atoms with van der Waals surface area (Å²) in [7, 11) is 3.41. The van der Waals surface area contributed by atoms with Crippen molar-refractivity contribution in [2.75, 3.05) is 19.0 Å². The van der Waals surface area contributed by atoms with Gasteiger partial charge in [0.25, 0.3) is 11.5 Å². The Kier molecular flexibility index (Phi) is 5.64. The van der Waals surface area contributed by atoms with Crippen LogP contribution in [0, 0.1) is 11.7 Å². The van der Waals surface area contributed by atoms with Crippen LogP contribution in [0.4, 0.5) is 19.1 Å². The lowest BCUT2D eigenvalue weighted by molar-refractivity contribution is 0.0137. The molecule has 1 unspecified atom stereocenters. The summed E-state index contributed by atoms with van der Waals surface area (Å²) in [4.78, 5) is 21.3. The number of hydrogen-bond acceptors (Lipinski definition) is 5. The van der Waals surface area contributed by atoms with Crippen LogP contribution in [-0.4, -0.2) is 39.0 Å². The SMILES string of the molecule is CC(C)C(c1ccc(C(C)(F)F)c(F)c1)n1nc(CO)c2c(=O)[nH]c(N(C)C)nc21. The van der Waals surface area contributed by atoms with Gasteiger partial charge in [0, 0.05) is 21.0 Å². The molecule has 0 aliphatic rings. The van der Waals surface area contributed by atoms with Gasteiger partial charge in [0.05, 0.1) is 18.2 Å². The van der Waals surface area contributed by atoms with Crippen molar-refractivity contribution in [3.63, 3.8) is 0 Å². The van der Waals surface area contributed by atoms with Gasteiger partial charge >= 0.3 is 0 Å². The fourth-order valence-corrected chi connectivity index (χ4v) is 3.50. The van der Waals surface area contributed by atoms with Crippen LogP contribution >= 0.6 is 0 Å². The lowest BCUT2D eigenvalue weighted by Gasteiger charge is -2.24. The molecule has 2 heterocycles. The fraction of sp³-hybridized carbons (Fsp3) is 0.450. The van der Waals surface area contributed by atoms with E-state index in [0.717, 1.165) is 12.1 Å². The Labute approximate surface area is 171 Å².